The number of carbonyl (C=O) groups is 1. The first-order valence-corrected chi connectivity index (χ1v) is 5.09. The maximum absolute atomic E-state index is 11.9. The molecule has 102 valence electrons. The number of carbonyl (C=O) groups excluding carboxylic acids is 1. The second kappa shape index (κ2) is 8.26. The van der Waals surface area contributed by atoms with Gasteiger partial charge in [0.05, 0.1) is 6.61 Å². The molecule has 0 saturated heterocycles. The summed E-state index contributed by atoms with van der Waals surface area (Å²) >= 11 is 0. The number of hydrogen-bond donors (Lipinski definition) is 3. The molecule has 0 heterocycles. The van der Waals surface area contributed by atoms with Crippen molar-refractivity contribution in [3.63, 3.8) is 0 Å². The second-order valence-corrected chi connectivity index (χ2v) is 3.35. The molecular weight excluding hydrogens is 241 g/mol. The van der Waals surface area contributed by atoms with Crippen LogP contribution in [0.2, 0.25) is 0 Å². The summed E-state index contributed by atoms with van der Waals surface area (Å²) in [5.74, 6) is -0.281. The van der Waals surface area contributed by atoms with Gasteiger partial charge in [0.2, 0.25) is 5.91 Å². The van der Waals surface area contributed by atoms with Gasteiger partial charge in [-0.15, -0.1) is 0 Å². The summed E-state index contributed by atoms with van der Waals surface area (Å²) in [6.45, 7) is 0.202. The van der Waals surface area contributed by atoms with E-state index in [1.54, 1.807) is 0 Å². The Hall–Kier alpha value is -0.860. The highest BCUT2D eigenvalue weighted by Crippen LogP contribution is 2.18. The summed E-state index contributed by atoms with van der Waals surface area (Å²) < 4.78 is 40.3. The molecule has 0 radical (unpaired) electrons. The van der Waals surface area contributed by atoms with E-state index in [0.29, 0.717) is 13.2 Å². The highest BCUT2D eigenvalue weighted by Gasteiger charge is 2.37. The van der Waals surface area contributed by atoms with Crippen LogP contribution in [-0.2, 0) is 9.53 Å². The van der Waals surface area contributed by atoms with Gasteiger partial charge < -0.3 is 20.5 Å². The zero-order valence-corrected chi connectivity index (χ0v) is 9.51. The number of rotatable bonds is 8. The molecule has 0 aromatic rings. The summed E-state index contributed by atoms with van der Waals surface area (Å²) in [6.07, 6.45) is -6.98. The Bertz CT molecular complexity index is 224. The quantitative estimate of drug-likeness (QED) is 0.521. The lowest BCUT2D eigenvalue weighted by Crippen LogP contribution is -2.39. The molecule has 0 saturated carbocycles. The van der Waals surface area contributed by atoms with Gasteiger partial charge in [-0.1, -0.05) is 0 Å². The van der Waals surface area contributed by atoms with Crippen molar-refractivity contribution in [2.24, 2.45) is 0 Å². The summed E-state index contributed by atoms with van der Waals surface area (Å²) in [7, 11) is 1.49. The smallest absolute Gasteiger partial charge is 0.383 e. The zero-order chi connectivity index (χ0) is 13.3. The molecule has 1 atom stereocenters. The van der Waals surface area contributed by atoms with Crippen LogP contribution < -0.4 is 10.6 Å². The zero-order valence-electron chi connectivity index (χ0n) is 9.51. The molecule has 0 aromatic heterocycles. The molecule has 0 spiro atoms. The van der Waals surface area contributed by atoms with Crippen LogP contribution in [0.25, 0.3) is 0 Å². The first kappa shape index (κ1) is 16.1. The second-order valence-electron chi connectivity index (χ2n) is 3.35. The third-order valence-corrected chi connectivity index (χ3v) is 1.87. The van der Waals surface area contributed by atoms with Gasteiger partial charge in [-0.25, -0.2) is 0 Å². The molecule has 0 aliphatic carbocycles. The number of amides is 1. The van der Waals surface area contributed by atoms with Gasteiger partial charge in [0.15, 0.2) is 6.10 Å². The predicted octanol–water partition coefficient (Wildman–Crippen LogP) is -0.348. The summed E-state index contributed by atoms with van der Waals surface area (Å²) in [5, 5.41) is 13.5. The van der Waals surface area contributed by atoms with Crippen LogP contribution in [0.4, 0.5) is 13.2 Å². The van der Waals surface area contributed by atoms with Crippen LogP contribution in [0.15, 0.2) is 0 Å². The molecule has 0 aliphatic heterocycles. The predicted molar refractivity (Wildman–Crippen MR) is 54.4 cm³/mol. The Labute approximate surface area is 97.3 Å². The SMILES string of the molecule is COCCNC(=O)CCNCC(O)C(F)(F)F. The van der Waals surface area contributed by atoms with Gasteiger partial charge in [0.25, 0.3) is 0 Å². The van der Waals surface area contributed by atoms with E-state index in [4.69, 9.17) is 9.84 Å². The van der Waals surface area contributed by atoms with Crippen molar-refractivity contribution in [1.82, 2.24) is 10.6 Å². The molecule has 8 heteroatoms. The molecule has 1 unspecified atom stereocenters. The van der Waals surface area contributed by atoms with E-state index >= 15 is 0 Å². The minimum Gasteiger partial charge on any atom is -0.383 e. The fourth-order valence-corrected chi connectivity index (χ4v) is 0.937. The lowest BCUT2D eigenvalue weighted by Gasteiger charge is -2.14. The van der Waals surface area contributed by atoms with Crippen molar-refractivity contribution < 1.29 is 27.8 Å². The first-order chi connectivity index (χ1) is 7.88. The minimum absolute atomic E-state index is 0.0499. The summed E-state index contributed by atoms with van der Waals surface area (Å²) in [6, 6.07) is 0. The molecule has 0 rings (SSSR count). The third kappa shape index (κ3) is 8.90. The molecular formula is C9H17F3N2O3. The van der Waals surface area contributed by atoms with Crippen LogP contribution in [-0.4, -0.2) is 56.6 Å². The van der Waals surface area contributed by atoms with Gasteiger partial charge >= 0.3 is 6.18 Å². The Balaban J connectivity index is 3.48. The topological polar surface area (TPSA) is 70.6 Å². The van der Waals surface area contributed by atoms with Crippen molar-refractivity contribution in [3.8, 4) is 0 Å². The van der Waals surface area contributed by atoms with Crippen molar-refractivity contribution >= 4 is 5.91 Å². The van der Waals surface area contributed by atoms with Gasteiger partial charge in [-0.05, 0) is 0 Å². The van der Waals surface area contributed by atoms with Gasteiger partial charge in [-0.3, -0.25) is 4.79 Å². The van der Waals surface area contributed by atoms with Gasteiger partial charge in [0.1, 0.15) is 0 Å². The largest absolute Gasteiger partial charge is 0.415 e. The molecule has 3 N–H and O–H groups in total. The number of aliphatic hydroxyl groups is 1. The maximum Gasteiger partial charge on any atom is 0.415 e. The molecule has 0 fully saturated rings. The van der Waals surface area contributed by atoms with Crippen molar-refractivity contribution in [3.05, 3.63) is 0 Å². The van der Waals surface area contributed by atoms with E-state index in [-0.39, 0.29) is 18.9 Å². The molecule has 17 heavy (non-hydrogen) atoms. The number of methoxy groups -OCH3 is 1. The number of alkyl halides is 3. The summed E-state index contributed by atoms with van der Waals surface area (Å²) in [5.41, 5.74) is 0. The molecule has 0 aromatic carbocycles. The fraction of sp³-hybridized carbons (Fsp3) is 0.889. The van der Waals surface area contributed by atoms with Gasteiger partial charge in [0, 0.05) is 33.2 Å². The Morgan fingerprint density at radius 1 is 1.41 bits per heavy atom. The van der Waals surface area contributed by atoms with Crippen molar-refractivity contribution in [2.45, 2.75) is 18.7 Å². The van der Waals surface area contributed by atoms with E-state index in [9.17, 15) is 18.0 Å². The van der Waals surface area contributed by atoms with Crippen LogP contribution in [0.3, 0.4) is 0 Å². The minimum atomic E-state index is -4.63. The van der Waals surface area contributed by atoms with E-state index in [2.05, 4.69) is 10.6 Å². The Kier molecular flexibility index (Phi) is 7.85. The van der Waals surface area contributed by atoms with E-state index < -0.39 is 18.8 Å². The number of ether oxygens (including phenoxy) is 1. The highest BCUT2D eigenvalue weighted by molar-refractivity contribution is 5.75. The van der Waals surface area contributed by atoms with Crippen molar-refractivity contribution in [1.29, 1.82) is 0 Å². The first-order valence-electron chi connectivity index (χ1n) is 5.09. The monoisotopic (exact) mass is 258 g/mol. The van der Waals surface area contributed by atoms with Crippen molar-refractivity contribution in [2.75, 3.05) is 33.4 Å². The molecule has 1 amide bonds. The third-order valence-electron chi connectivity index (χ3n) is 1.87. The fourth-order valence-electron chi connectivity index (χ4n) is 0.937. The Morgan fingerprint density at radius 2 is 2.06 bits per heavy atom. The maximum atomic E-state index is 11.9. The normalized spacial score (nSPS) is 13.5. The molecule has 0 bridgehead atoms. The van der Waals surface area contributed by atoms with Crippen LogP contribution in [0.5, 0.6) is 0 Å². The number of aliphatic hydroxyl groups excluding tert-OH is 1. The molecule has 5 nitrogen and oxygen atoms in total. The summed E-state index contributed by atoms with van der Waals surface area (Å²) in [4.78, 5) is 11.1. The van der Waals surface area contributed by atoms with Crippen LogP contribution in [0.1, 0.15) is 6.42 Å². The van der Waals surface area contributed by atoms with Crippen LogP contribution >= 0.6 is 0 Å². The number of nitrogens with one attached hydrogen (secondary N) is 2. The molecule has 0 aliphatic rings. The number of halogens is 3. The van der Waals surface area contributed by atoms with Gasteiger partial charge in [-0.2, -0.15) is 13.2 Å². The number of hydrogen-bond acceptors (Lipinski definition) is 4. The standard InChI is InChI=1S/C9H17F3N2O3/c1-17-5-4-14-8(16)2-3-13-6-7(15)9(10,11)12/h7,13,15H,2-6H2,1H3,(H,14,16). The Morgan fingerprint density at radius 3 is 2.59 bits per heavy atom. The van der Waals surface area contributed by atoms with E-state index in [0.717, 1.165) is 0 Å². The lowest BCUT2D eigenvalue weighted by atomic mass is 10.3. The average molecular weight is 258 g/mol. The highest BCUT2D eigenvalue weighted by atomic mass is 19.4. The van der Waals surface area contributed by atoms with E-state index in [1.807, 2.05) is 0 Å². The lowest BCUT2D eigenvalue weighted by molar-refractivity contribution is -0.201. The average Bonchev–Trinajstić information content (AvgIpc) is 2.23. The van der Waals surface area contributed by atoms with E-state index in [1.165, 1.54) is 7.11 Å². The van der Waals surface area contributed by atoms with Crippen LogP contribution in [0, 0.1) is 0 Å².